The number of benzene rings is 1. The minimum absolute atomic E-state index is 0.204. The SMILES string of the molecule is Cc1cc(Cl)ccc1C(=O)CCC(C)(C)C. The summed E-state index contributed by atoms with van der Waals surface area (Å²) >= 11 is 5.86. The number of carbonyl (C=O) groups excluding carboxylic acids is 1. The van der Waals surface area contributed by atoms with Crippen LogP contribution in [0.25, 0.3) is 0 Å². The van der Waals surface area contributed by atoms with Crippen LogP contribution in [-0.4, -0.2) is 5.78 Å². The van der Waals surface area contributed by atoms with Gasteiger partial charge in [0.1, 0.15) is 0 Å². The van der Waals surface area contributed by atoms with Gasteiger partial charge in [-0.05, 0) is 42.5 Å². The number of aryl methyl sites for hydroxylation is 1. The summed E-state index contributed by atoms with van der Waals surface area (Å²) in [5, 5.41) is 0.685. The molecule has 0 aromatic heterocycles. The van der Waals surface area contributed by atoms with Crippen LogP contribution in [0.3, 0.4) is 0 Å². The minimum atomic E-state index is 0.204. The molecule has 0 saturated heterocycles. The van der Waals surface area contributed by atoms with E-state index in [9.17, 15) is 4.79 Å². The molecule has 1 rings (SSSR count). The maximum atomic E-state index is 12.0. The molecule has 0 spiro atoms. The van der Waals surface area contributed by atoms with E-state index in [-0.39, 0.29) is 11.2 Å². The van der Waals surface area contributed by atoms with E-state index < -0.39 is 0 Å². The lowest BCUT2D eigenvalue weighted by Gasteiger charge is -2.17. The number of hydrogen-bond donors (Lipinski definition) is 0. The summed E-state index contributed by atoms with van der Waals surface area (Å²) < 4.78 is 0. The summed E-state index contributed by atoms with van der Waals surface area (Å²) in [4.78, 5) is 12.0. The third-order valence-electron chi connectivity index (χ3n) is 2.59. The van der Waals surface area contributed by atoms with E-state index >= 15 is 0 Å². The highest BCUT2D eigenvalue weighted by Crippen LogP contribution is 2.23. The Morgan fingerprint density at radius 2 is 1.94 bits per heavy atom. The predicted octanol–water partition coefficient (Wildman–Crippen LogP) is 4.66. The summed E-state index contributed by atoms with van der Waals surface area (Å²) in [5.74, 6) is 0.212. The Labute approximate surface area is 103 Å². The molecule has 0 unspecified atom stereocenters. The zero-order chi connectivity index (χ0) is 12.3. The minimum Gasteiger partial charge on any atom is -0.294 e. The summed E-state index contributed by atoms with van der Waals surface area (Å²) in [5.41, 5.74) is 1.97. The predicted molar refractivity (Wildman–Crippen MR) is 69.2 cm³/mol. The smallest absolute Gasteiger partial charge is 0.163 e. The molecule has 0 amide bonds. The van der Waals surface area contributed by atoms with Gasteiger partial charge in [-0.15, -0.1) is 0 Å². The average molecular weight is 239 g/mol. The largest absolute Gasteiger partial charge is 0.294 e. The molecule has 0 saturated carbocycles. The van der Waals surface area contributed by atoms with Crippen LogP contribution < -0.4 is 0 Å². The van der Waals surface area contributed by atoms with Crippen molar-refractivity contribution in [2.45, 2.75) is 40.5 Å². The highest BCUT2D eigenvalue weighted by molar-refractivity contribution is 6.30. The molecule has 0 aliphatic heterocycles. The van der Waals surface area contributed by atoms with E-state index in [0.29, 0.717) is 11.4 Å². The second-order valence-corrected chi connectivity index (χ2v) is 5.88. The normalized spacial score (nSPS) is 11.6. The zero-order valence-electron chi connectivity index (χ0n) is 10.4. The number of hydrogen-bond acceptors (Lipinski definition) is 1. The number of rotatable bonds is 3. The molecule has 1 aromatic carbocycles. The van der Waals surface area contributed by atoms with Gasteiger partial charge in [-0.1, -0.05) is 32.4 Å². The number of halogens is 1. The molecule has 1 aromatic rings. The summed E-state index contributed by atoms with van der Waals surface area (Å²) in [6.45, 7) is 8.37. The maximum absolute atomic E-state index is 12.0. The van der Waals surface area contributed by atoms with Crippen LogP contribution in [0.2, 0.25) is 5.02 Å². The van der Waals surface area contributed by atoms with Crippen molar-refractivity contribution in [2.24, 2.45) is 5.41 Å². The van der Waals surface area contributed by atoms with Crippen molar-refractivity contribution in [2.75, 3.05) is 0 Å². The molecule has 0 bridgehead atoms. The van der Waals surface area contributed by atoms with Crippen molar-refractivity contribution in [3.63, 3.8) is 0 Å². The van der Waals surface area contributed by atoms with Crippen molar-refractivity contribution in [3.05, 3.63) is 34.3 Å². The highest BCUT2D eigenvalue weighted by atomic mass is 35.5. The van der Waals surface area contributed by atoms with Crippen LogP contribution in [0.4, 0.5) is 0 Å². The lowest BCUT2D eigenvalue weighted by Crippen LogP contribution is -2.10. The molecule has 0 aliphatic carbocycles. The Balaban J connectivity index is 2.74. The Bertz CT molecular complexity index is 388. The van der Waals surface area contributed by atoms with Crippen molar-refractivity contribution in [3.8, 4) is 0 Å². The third-order valence-corrected chi connectivity index (χ3v) is 2.83. The van der Waals surface area contributed by atoms with Gasteiger partial charge in [0.25, 0.3) is 0 Å². The molecule has 88 valence electrons. The van der Waals surface area contributed by atoms with Crippen LogP contribution in [-0.2, 0) is 0 Å². The maximum Gasteiger partial charge on any atom is 0.163 e. The van der Waals surface area contributed by atoms with Gasteiger partial charge < -0.3 is 0 Å². The molecule has 0 atom stereocenters. The third kappa shape index (κ3) is 3.97. The van der Waals surface area contributed by atoms with Gasteiger partial charge in [0.05, 0.1) is 0 Å². The summed E-state index contributed by atoms with van der Waals surface area (Å²) in [6.07, 6.45) is 1.51. The average Bonchev–Trinajstić information content (AvgIpc) is 2.13. The van der Waals surface area contributed by atoms with Crippen molar-refractivity contribution < 1.29 is 4.79 Å². The standard InChI is InChI=1S/C14H19ClO/c1-10-9-11(15)5-6-12(10)13(16)7-8-14(2,3)4/h5-6,9H,7-8H2,1-4H3. The Hall–Kier alpha value is -0.820. The highest BCUT2D eigenvalue weighted by Gasteiger charge is 2.15. The first kappa shape index (κ1) is 13.2. The molecule has 0 heterocycles. The van der Waals surface area contributed by atoms with Gasteiger partial charge in [0, 0.05) is 17.0 Å². The fourth-order valence-corrected chi connectivity index (χ4v) is 1.79. The summed E-state index contributed by atoms with van der Waals surface area (Å²) in [7, 11) is 0. The Morgan fingerprint density at radius 1 is 1.31 bits per heavy atom. The summed E-state index contributed by atoms with van der Waals surface area (Å²) in [6, 6.07) is 5.44. The van der Waals surface area contributed by atoms with E-state index in [0.717, 1.165) is 17.5 Å². The number of ketones is 1. The second-order valence-electron chi connectivity index (χ2n) is 5.44. The van der Waals surface area contributed by atoms with Gasteiger partial charge in [0.2, 0.25) is 0 Å². The number of carbonyl (C=O) groups is 1. The lowest BCUT2D eigenvalue weighted by molar-refractivity contribution is 0.0965. The van der Waals surface area contributed by atoms with Crippen LogP contribution in [0, 0.1) is 12.3 Å². The fraction of sp³-hybridized carbons (Fsp3) is 0.500. The topological polar surface area (TPSA) is 17.1 Å². The first-order valence-corrected chi connectivity index (χ1v) is 5.97. The van der Waals surface area contributed by atoms with E-state index in [1.165, 1.54) is 0 Å². The fourth-order valence-electron chi connectivity index (χ4n) is 1.56. The van der Waals surface area contributed by atoms with Crippen LogP contribution in [0.1, 0.15) is 49.5 Å². The second kappa shape index (κ2) is 5.01. The van der Waals surface area contributed by atoms with E-state index in [1.54, 1.807) is 6.07 Å². The molecule has 2 heteroatoms. The molecule has 16 heavy (non-hydrogen) atoms. The molecular weight excluding hydrogens is 220 g/mol. The molecule has 1 nitrogen and oxygen atoms in total. The lowest BCUT2D eigenvalue weighted by atomic mass is 9.88. The molecule has 0 radical (unpaired) electrons. The van der Waals surface area contributed by atoms with Crippen molar-refractivity contribution in [1.82, 2.24) is 0 Å². The van der Waals surface area contributed by atoms with Crippen LogP contribution >= 0.6 is 11.6 Å². The Morgan fingerprint density at radius 3 is 2.44 bits per heavy atom. The van der Waals surface area contributed by atoms with Gasteiger partial charge in [0.15, 0.2) is 5.78 Å². The van der Waals surface area contributed by atoms with Crippen molar-refractivity contribution >= 4 is 17.4 Å². The van der Waals surface area contributed by atoms with E-state index in [2.05, 4.69) is 20.8 Å². The molecule has 0 fully saturated rings. The van der Waals surface area contributed by atoms with Gasteiger partial charge in [-0.2, -0.15) is 0 Å². The molecule has 0 N–H and O–H groups in total. The van der Waals surface area contributed by atoms with Crippen LogP contribution in [0.5, 0.6) is 0 Å². The first-order valence-electron chi connectivity index (χ1n) is 5.59. The monoisotopic (exact) mass is 238 g/mol. The zero-order valence-corrected chi connectivity index (χ0v) is 11.2. The van der Waals surface area contributed by atoms with Gasteiger partial charge in [-0.25, -0.2) is 0 Å². The van der Waals surface area contributed by atoms with Gasteiger partial charge >= 0.3 is 0 Å². The molecule has 0 aliphatic rings. The van der Waals surface area contributed by atoms with Crippen LogP contribution in [0.15, 0.2) is 18.2 Å². The first-order chi connectivity index (χ1) is 7.29. The van der Waals surface area contributed by atoms with E-state index in [1.807, 2.05) is 19.1 Å². The molecular formula is C14H19ClO. The number of Topliss-reactive ketones (excluding diaryl/α,β-unsaturated/α-hetero) is 1. The van der Waals surface area contributed by atoms with Crippen molar-refractivity contribution in [1.29, 1.82) is 0 Å². The Kier molecular flexibility index (Phi) is 4.15. The van der Waals surface area contributed by atoms with Gasteiger partial charge in [-0.3, -0.25) is 4.79 Å². The van der Waals surface area contributed by atoms with E-state index in [4.69, 9.17) is 11.6 Å². The quantitative estimate of drug-likeness (QED) is 0.700.